The standard InChI is InChI=1S/C18H16BrN3OS/c1-22(2)15-9-3-12(4-10-15)11-16-17(23)21-18(24-16)20-14-7-5-13(19)6-8-14/h3-11H,1-2H3,(H,20,21,23). The van der Waals surface area contributed by atoms with Gasteiger partial charge in [-0.1, -0.05) is 28.1 Å². The Morgan fingerprint density at radius 1 is 1.08 bits per heavy atom. The Kier molecular flexibility index (Phi) is 5.06. The number of amides is 1. The van der Waals surface area contributed by atoms with E-state index in [2.05, 4.69) is 26.2 Å². The number of aliphatic imine (C=N–C) groups is 1. The maximum atomic E-state index is 12.1. The molecule has 0 radical (unpaired) electrons. The lowest BCUT2D eigenvalue weighted by atomic mass is 10.2. The Balaban J connectivity index is 1.77. The first kappa shape index (κ1) is 16.8. The van der Waals surface area contributed by atoms with Crippen LogP contribution in [0.2, 0.25) is 0 Å². The molecule has 0 unspecified atom stereocenters. The van der Waals surface area contributed by atoms with Gasteiger partial charge in [-0.2, -0.15) is 0 Å². The van der Waals surface area contributed by atoms with Crippen molar-refractivity contribution >= 4 is 56.2 Å². The third-order valence-electron chi connectivity index (χ3n) is 3.42. The van der Waals surface area contributed by atoms with E-state index in [4.69, 9.17) is 0 Å². The first-order chi connectivity index (χ1) is 11.5. The van der Waals surface area contributed by atoms with Crippen molar-refractivity contribution in [1.29, 1.82) is 0 Å². The highest BCUT2D eigenvalue weighted by molar-refractivity contribution is 9.10. The van der Waals surface area contributed by atoms with Crippen molar-refractivity contribution in [3.05, 3.63) is 63.5 Å². The van der Waals surface area contributed by atoms with Crippen LogP contribution in [0.4, 0.5) is 11.4 Å². The number of hydrogen-bond acceptors (Lipinski definition) is 4. The van der Waals surface area contributed by atoms with Crippen LogP contribution in [0.1, 0.15) is 5.56 Å². The number of carbonyl (C=O) groups excluding carboxylic acids is 1. The van der Waals surface area contributed by atoms with E-state index in [1.54, 1.807) is 0 Å². The monoisotopic (exact) mass is 401 g/mol. The Morgan fingerprint density at radius 3 is 2.38 bits per heavy atom. The van der Waals surface area contributed by atoms with Crippen molar-refractivity contribution in [3.8, 4) is 0 Å². The van der Waals surface area contributed by atoms with E-state index in [-0.39, 0.29) is 5.91 Å². The Bertz CT molecular complexity index is 811. The summed E-state index contributed by atoms with van der Waals surface area (Å²) in [4.78, 5) is 19.3. The van der Waals surface area contributed by atoms with Gasteiger partial charge in [-0.05, 0) is 59.8 Å². The van der Waals surface area contributed by atoms with Gasteiger partial charge in [0, 0.05) is 24.3 Å². The zero-order valence-electron chi connectivity index (χ0n) is 13.3. The van der Waals surface area contributed by atoms with Crippen LogP contribution in [-0.2, 0) is 4.79 Å². The highest BCUT2D eigenvalue weighted by atomic mass is 79.9. The lowest BCUT2D eigenvalue weighted by Crippen LogP contribution is -2.19. The molecule has 4 nitrogen and oxygen atoms in total. The van der Waals surface area contributed by atoms with Gasteiger partial charge in [-0.25, -0.2) is 4.99 Å². The van der Waals surface area contributed by atoms with Crippen molar-refractivity contribution in [3.63, 3.8) is 0 Å². The molecule has 122 valence electrons. The first-order valence-electron chi connectivity index (χ1n) is 7.34. The molecule has 1 amide bonds. The number of halogens is 1. The first-order valence-corrected chi connectivity index (χ1v) is 8.95. The van der Waals surface area contributed by atoms with Gasteiger partial charge in [0.2, 0.25) is 0 Å². The summed E-state index contributed by atoms with van der Waals surface area (Å²) in [6, 6.07) is 15.7. The van der Waals surface area contributed by atoms with Crippen LogP contribution < -0.4 is 10.2 Å². The second-order valence-corrected chi connectivity index (χ2v) is 7.39. The van der Waals surface area contributed by atoms with E-state index in [0.29, 0.717) is 10.1 Å². The molecule has 1 N–H and O–H groups in total. The Hall–Kier alpha value is -2.05. The van der Waals surface area contributed by atoms with Gasteiger partial charge in [0.1, 0.15) is 0 Å². The Morgan fingerprint density at radius 2 is 1.75 bits per heavy atom. The molecule has 6 heteroatoms. The predicted molar refractivity (Wildman–Crippen MR) is 106 cm³/mol. The van der Waals surface area contributed by atoms with Crippen LogP contribution in [0.5, 0.6) is 0 Å². The molecule has 0 spiro atoms. The van der Waals surface area contributed by atoms with Crippen LogP contribution in [0.25, 0.3) is 6.08 Å². The molecule has 2 aromatic carbocycles. The maximum Gasteiger partial charge on any atom is 0.264 e. The molecule has 1 saturated heterocycles. The molecule has 1 aliphatic rings. The molecular formula is C18H16BrN3OS. The summed E-state index contributed by atoms with van der Waals surface area (Å²) in [6.45, 7) is 0. The number of nitrogens with zero attached hydrogens (tertiary/aromatic N) is 2. The zero-order valence-corrected chi connectivity index (χ0v) is 15.7. The molecule has 1 aliphatic heterocycles. The van der Waals surface area contributed by atoms with Crippen molar-refractivity contribution < 1.29 is 4.79 Å². The number of amidine groups is 1. The zero-order chi connectivity index (χ0) is 17.1. The summed E-state index contributed by atoms with van der Waals surface area (Å²) in [5.74, 6) is -0.118. The molecule has 0 aliphatic carbocycles. The van der Waals surface area contributed by atoms with Gasteiger partial charge >= 0.3 is 0 Å². The summed E-state index contributed by atoms with van der Waals surface area (Å²) in [5, 5.41) is 3.40. The molecule has 0 atom stereocenters. The summed E-state index contributed by atoms with van der Waals surface area (Å²) in [6.07, 6.45) is 1.88. The number of benzene rings is 2. The van der Waals surface area contributed by atoms with E-state index in [1.807, 2.05) is 73.6 Å². The molecule has 3 rings (SSSR count). The van der Waals surface area contributed by atoms with Crippen molar-refractivity contribution in [2.75, 3.05) is 19.0 Å². The minimum Gasteiger partial charge on any atom is -0.378 e. The molecule has 1 fully saturated rings. The van der Waals surface area contributed by atoms with E-state index < -0.39 is 0 Å². The molecule has 1 heterocycles. The lowest BCUT2D eigenvalue weighted by molar-refractivity contribution is -0.115. The number of thioether (sulfide) groups is 1. The SMILES string of the molecule is CN(C)c1ccc(C=C2SC(=Nc3ccc(Br)cc3)NC2=O)cc1. The number of nitrogens with one attached hydrogen (secondary N) is 1. The minimum absolute atomic E-state index is 0.118. The number of carbonyl (C=O) groups is 1. The molecular weight excluding hydrogens is 386 g/mol. The fraction of sp³-hybridized carbons (Fsp3) is 0.111. The van der Waals surface area contributed by atoms with E-state index in [0.717, 1.165) is 21.4 Å². The summed E-state index contributed by atoms with van der Waals surface area (Å²) >= 11 is 4.74. The third kappa shape index (κ3) is 4.07. The molecule has 2 aromatic rings. The fourth-order valence-electron chi connectivity index (χ4n) is 2.13. The van der Waals surface area contributed by atoms with Gasteiger partial charge in [0.25, 0.3) is 5.91 Å². The third-order valence-corrected chi connectivity index (χ3v) is 4.85. The smallest absolute Gasteiger partial charge is 0.264 e. The van der Waals surface area contributed by atoms with Gasteiger partial charge in [-0.3, -0.25) is 4.79 Å². The van der Waals surface area contributed by atoms with E-state index in [9.17, 15) is 4.79 Å². The predicted octanol–water partition coefficient (Wildman–Crippen LogP) is 4.41. The molecule has 24 heavy (non-hydrogen) atoms. The molecule has 0 bridgehead atoms. The van der Waals surface area contributed by atoms with Crippen molar-refractivity contribution in [1.82, 2.24) is 5.32 Å². The van der Waals surface area contributed by atoms with Gasteiger partial charge in [0.15, 0.2) is 5.17 Å². The largest absolute Gasteiger partial charge is 0.378 e. The fourth-order valence-corrected chi connectivity index (χ4v) is 3.24. The van der Waals surface area contributed by atoms with Crippen LogP contribution >= 0.6 is 27.7 Å². The minimum atomic E-state index is -0.118. The number of anilines is 1. The average Bonchev–Trinajstić information content (AvgIpc) is 2.89. The quantitative estimate of drug-likeness (QED) is 0.774. The molecule has 0 aromatic heterocycles. The van der Waals surface area contributed by atoms with Gasteiger partial charge in [-0.15, -0.1) is 0 Å². The van der Waals surface area contributed by atoms with Crippen LogP contribution in [0.15, 0.2) is 62.9 Å². The number of rotatable bonds is 3. The molecule has 0 saturated carbocycles. The average molecular weight is 402 g/mol. The lowest BCUT2D eigenvalue weighted by Gasteiger charge is -2.11. The summed E-state index contributed by atoms with van der Waals surface area (Å²) < 4.78 is 0.997. The highest BCUT2D eigenvalue weighted by Gasteiger charge is 2.23. The topological polar surface area (TPSA) is 44.7 Å². The summed E-state index contributed by atoms with van der Waals surface area (Å²) in [5.41, 5.74) is 2.92. The van der Waals surface area contributed by atoms with Crippen molar-refractivity contribution in [2.24, 2.45) is 4.99 Å². The van der Waals surface area contributed by atoms with Gasteiger partial charge in [0.05, 0.1) is 10.6 Å². The summed E-state index contributed by atoms with van der Waals surface area (Å²) in [7, 11) is 4.00. The van der Waals surface area contributed by atoms with Gasteiger partial charge < -0.3 is 10.2 Å². The van der Waals surface area contributed by atoms with Crippen LogP contribution in [0.3, 0.4) is 0 Å². The van der Waals surface area contributed by atoms with Crippen LogP contribution in [-0.4, -0.2) is 25.2 Å². The van der Waals surface area contributed by atoms with E-state index in [1.165, 1.54) is 11.8 Å². The number of hydrogen-bond donors (Lipinski definition) is 1. The second-order valence-electron chi connectivity index (χ2n) is 5.44. The van der Waals surface area contributed by atoms with Crippen molar-refractivity contribution in [2.45, 2.75) is 0 Å². The van der Waals surface area contributed by atoms with E-state index >= 15 is 0 Å². The normalized spacial score (nSPS) is 17.4. The second kappa shape index (κ2) is 7.23. The Labute approximate surface area is 153 Å². The maximum absolute atomic E-state index is 12.1. The van der Waals surface area contributed by atoms with Crippen LogP contribution in [0, 0.1) is 0 Å². The highest BCUT2D eigenvalue weighted by Crippen LogP contribution is 2.28.